The van der Waals surface area contributed by atoms with Crippen molar-refractivity contribution in [3.63, 3.8) is 0 Å². The first-order valence-electron chi connectivity index (χ1n) is 13.9. The number of hydrogen-bond donors (Lipinski definition) is 2. The summed E-state index contributed by atoms with van der Waals surface area (Å²) in [5.41, 5.74) is 1.21. The molecule has 1 saturated heterocycles. The molecule has 1 aliphatic heterocycles. The molecule has 0 amide bonds. The highest BCUT2D eigenvalue weighted by Crippen LogP contribution is 2.32. The van der Waals surface area contributed by atoms with Crippen molar-refractivity contribution in [1.82, 2.24) is 29.1 Å². The van der Waals surface area contributed by atoms with Crippen molar-refractivity contribution in [3.8, 4) is 0 Å². The number of aromatic amines is 2. The molecule has 0 spiro atoms. The maximum Gasteiger partial charge on any atom is 0.243 e. The molecule has 3 heterocycles. The molecule has 0 bridgehead atoms. The molecule has 2 aliphatic rings. The van der Waals surface area contributed by atoms with Crippen LogP contribution in [0.5, 0.6) is 0 Å². The van der Waals surface area contributed by atoms with Gasteiger partial charge in [-0.25, -0.2) is 18.4 Å². The zero-order chi connectivity index (χ0) is 25.5. The average molecular weight is 525 g/mol. The molecule has 3 aromatic rings. The molecule has 0 atom stereocenters. The molecule has 2 N–H and O–H groups in total. The third-order valence-electron chi connectivity index (χ3n) is 8.14. The summed E-state index contributed by atoms with van der Waals surface area (Å²) in [6.07, 6.45) is 19.7. The average Bonchev–Trinajstić information content (AvgIpc) is 3.57. The SMILES string of the molecule is O=S(=O)(c1ccc(CCC2CCC(N3CCCCCC3)CC2)cc1)N(Cc1ncc[nH]1)Cc1ncc[nH]1. The van der Waals surface area contributed by atoms with Crippen molar-refractivity contribution >= 4 is 10.0 Å². The number of aryl methyl sites for hydroxylation is 1. The molecule has 0 unspecified atom stereocenters. The van der Waals surface area contributed by atoms with Gasteiger partial charge in [0.1, 0.15) is 11.6 Å². The summed E-state index contributed by atoms with van der Waals surface area (Å²) in [5.74, 6) is 1.97. The first kappa shape index (κ1) is 26.1. The summed E-state index contributed by atoms with van der Waals surface area (Å²) in [6, 6.07) is 8.25. The van der Waals surface area contributed by atoms with Crippen molar-refractivity contribution in [3.05, 3.63) is 66.3 Å². The van der Waals surface area contributed by atoms with Crippen LogP contribution < -0.4 is 0 Å². The van der Waals surface area contributed by atoms with Gasteiger partial charge in [-0.1, -0.05) is 25.0 Å². The second-order valence-corrected chi connectivity index (χ2v) is 12.6. The third-order valence-corrected chi connectivity index (χ3v) is 9.94. The van der Waals surface area contributed by atoms with Crippen molar-refractivity contribution in [1.29, 1.82) is 0 Å². The smallest absolute Gasteiger partial charge is 0.243 e. The highest BCUT2D eigenvalue weighted by atomic mass is 32.2. The lowest BCUT2D eigenvalue weighted by Crippen LogP contribution is -2.38. The Morgan fingerprint density at radius 2 is 1.43 bits per heavy atom. The van der Waals surface area contributed by atoms with Crippen LogP contribution in [-0.2, 0) is 29.5 Å². The van der Waals surface area contributed by atoms with Gasteiger partial charge in [-0.15, -0.1) is 0 Å². The number of benzene rings is 1. The molecule has 8 nitrogen and oxygen atoms in total. The van der Waals surface area contributed by atoms with Crippen LogP contribution in [-0.4, -0.2) is 56.7 Å². The van der Waals surface area contributed by atoms with Crippen LogP contribution in [0.3, 0.4) is 0 Å². The fourth-order valence-electron chi connectivity index (χ4n) is 5.94. The summed E-state index contributed by atoms with van der Waals surface area (Å²) in [4.78, 5) is 17.5. The Balaban J connectivity index is 1.16. The molecule has 200 valence electrons. The predicted molar refractivity (Wildman–Crippen MR) is 144 cm³/mol. The topological polar surface area (TPSA) is 98.0 Å². The zero-order valence-electron chi connectivity index (χ0n) is 21.7. The number of nitrogens with zero attached hydrogens (tertiary/aromatic N) is 4. The van der Waals surface area contributed by atoms with Crippen LogP contribution in [0.4, 0.5) is 0 Å². The quantitative estimate of drug-likeness (QED) is 0.393. The van der Waals surface area contributed by atoms with E-state index in [1.807, 2.05) is 12.1 Å². The maximum atomic E-state index is 13.5. The van der Waals surface area contributed by atoms with Gasteiger partial charge in [0.25, 0.3) is 0 Å². The van der Waals surface area contributed by atoms with E-state index in [1.54, 1.807) is 36.9 Å². The summed E-state index contributed by atoms with van der Waals surface area (Å²) in [5, 5.41) is 0. The number of aromatic nitrogens is 4. The van der Waals surface area contributed by atoms with Crippen LogP contribution in [0.1, 0.15) is 75.0 Å². The number of imidazole rings is 2. The molecule has 1 aliphatic carbocycles. The fraction of sp³-hybridized carbons (Fsp3) is 0.571. The minimum absolute atomic E-state index is 0.151. The standard InChI is InChI=1S/C28H40N6O2S/c35-37(36,34(21-27-29-15-16-30-27)22-28-31-17-18-32-28)26-13-9-24(10-14-26)6-5-23-7-11-25(12-8-23)33-19-3-1-2-4-20-33/h9-10,13-18,23,25H,1-8,11-12,19-22H2,(H,29,30)(H,31,32). The molecule has 5 rings (SSSR count). The van der Waals surface area contributed by atoms with Crippen molar-refractivity contribution in [2.75, 3.05) is 13.1 Å². The second-order valence-electron chi connectivity index (χ2n) is 10.7. The number of H-pyrrole nitrogens is 2. The Morgan fingerprint density at radius 1 is 0.838 bits per heavy atom. The molecule has 0 radical (unpaired) electrons. The zero-order valence-corrected chi connectivity index (χ0v) is 22.5. The highest BCUT2D eigenvalue weighted by Gasteiger charge is 2.28. The lowest BCUT2D eigenvalue weighted by atomic mass is 9.82. The molecule has 9 heteroatoms. The van der Waals surface area contributed by atoms with E-state index in [9.17, 15) is 8.42 Å². The third kappa shape index (κ3) is 6.89. The largest absolute Gasteiger partial charge is 0.347 e. The molecule has 1 aromatic carbocycles. The molecular formula is C28H40N6O2S. The maximum absolute atomic E-state index is 13.5. The van der Waals surface area contributed by atoms with Crippen molar-refractivity contribution in [2.45, 2.75) is 88.2 Å². The first-order chi connectivity index (χ1) is 18.1. The summed E-state index contributed by atoms with van der Waals surface area (Å²) in [7, 11) is -3.72. The number of rotatable bonds is 10. The molecule has 2 fully saturated rings. The molecule has 1 saturated carbocycles. The lowest BCUT2D eigenvalue weighted by molar-refractivity contribution is 0.138. The first-order valence-corrected chi connectivity index (χ1v) is 15.3. The van der Waals surface area contributed by atoms with Gasteiger partial charge in [0.2, 0.25) is 10.0 Å². The highest BCUT2D eigenvalue weighted by molar-refractivity contribution is 7.89. The van der Waals surface area contributed by atoms with Gasteiger partial charge in [0.15, 0.2) is 0 Å². The minimum atomic E-state index is -3.72. The summed E-state index contributed by atoms with van der Waals surface area (Å²) in [6.45, 7) is 2.89. The van der Waals surface area contributed by atoms with Gasteiger partial charge < -0.3 is 14.9 Å². The number of sulfonamides is 1. The second kappa shape index (κ2) is 12.4. The number of likely N-dealkylation sites (tertiary alicyclic amines) is 1. The van der Waals surface area contributed by atoms with Crippen LogP contribution in [0, 0.1) is 5.92 Å². The summed E-state index contributed by atoms with van der Waals surface area (Å²) >= 11 is 0. The molecule has 37 heavy (non-hydrogen) atoms. The molecule has 2 aromatic heterocycles. The van der Waals surface area contributed by atoms with E-state index >= 15 is 0 Å². The van der Waals surface area contributed by atoms with Gasteiger partial charge in [0, 0.05) is 30.8 Å². The predicted octanol–water partition coefficient (Wildman–Crippen LogP) is 4.89. The van der Waals surface area contributed by atoms with Gasteiger partial charge in [-0.3, -0.25) is 0 Å². The molecular weight excluding hydrogens is 484 g/mol. The number of hydrogen-bond acceptors (Lipinski definition) is 5. The fourth-order valence-corrected chi connectivity index (χ4v) is 7.30. The van der Waals surface area contributed by atoms with E-state index in [1.165, 1.54) is 80.7 Å². The van der Waals surface area contributed by atoms with E-state index in [0.29, 0.717) is 16.5 Å². The van der Waals surface area contributed by atoms with Crippen LogP contribution in [0.2, 0.25) is 0 Å². The van der Waals surface area contributed by atoms with Crippen LogP contribution in [0.25, 0.3) is 0 Å². The Labute approximate surface area is 221 Å². The minimum Gasteiger partial charge on any atom is -0.347 e. The summed E-state index contributed by atoms with van der Waals surface area (Å²) < 4.78 is 28.5. The van der Waals surface area contributed by atoms with E-state index in [-0.39, 0.29) is 13.1 Å². The Kier molecular flexibility index (Phi) is 8.74. The van der Waals surface area contributed by atoms with E-state index in [4.69, 9.17) is 0 Å². The Bertz CT molecular complexity index is 1130. The van der Waals surface area contributed by atoms with Crippen molar-refractivity contribution < 1.29 is 8.42 Å². The van der Waals surface area contributed by atoms with Crippen LogP contribution in [0.15, 0.2) is 53.9 Å². The normalized spacial score (nSPS) is 21.8. The van der Waals surface area contributed by atoms with E-state index in [0.717, 1.165) is 18.4 Å². The Morgan fingerprint density at radius 3 is 1.97 bits per heavy atom. The number of nitrogens with one attached hydrogen (secondary N) is 2. The van der Waals surface area contributed by atoms with Gasteiger partial charge in [0.05, 0.1) is 18.0 Å². The van der Waals surface area contributed by atoms with Gasteiger partial charge >= 0.3 is 0 Å². The van der Waals surface area contributed by atoms with Crippen molar-refractivity contribution in [2.24, 2.45) is 5.92 Å². The van der Waals surface area contributed by atoms with E-state index in [2.05, 4.69) is 24.8 Å². The van der Waals surface area contributed by atoms with Gasteiger partial charge in [-0.05, 0) is 88.1 Å². The Hall–Kier alpha value is -2.49. The monoisotopic (exact) mass is 524 g/mol. The van der Waals surface area contributed by atoms with E-state index < -0.39 is 10.0 Å². The van der Waals surface area contributed by atoms with Gasteiger partial charge in [-0.2, -0.15) is 4.31 Å². The lowest BCUT2D eigenvalue weighted by Gasteiger charge is -2.36. The van der Waals surface area contributed by atoms with Crippen LogP contribution >= 0.6 is 0 Å².